The van der Waals surface area contributed by atoms with E-state index < -0.39 is 6.04 Å². The molecule has 0 unspecified atom stereocenters. The van der Waals surface area contributed by atoms with Gasteiger partial charge in [-0.25, -0.2) is 0 Å². The third-order valence-electron chi connectivity index (χ3n) is 2.65. The molecule has 1 rings (SSSR count). The van der Waals surface area contributed by atoms with E-state index in [-0.39, 0.29) is 5.91 Å². The van der Waals surface area contributed by atoms with Crippen LogP contribution in [0.3, 0.4) is 0 Å². The minimum atomic E-state index is -0.511. The van der Waals surface area contributed by atoms with E-state index in [0.717, 1.165) is 18.4 Å². The Morgan fingerprint density at radius 2 is 2.06 bits per heavy atom. The molecule has 4 nitrogen and oxygen atoms in total. The Morgan fingerprint density at radius 3 is 2.72 bits per heavy atom. The van der Waals surface area contributed by atoms with Gasteiger partial charge in [0.05, 0.1) is 12.1 Å². The number of benzene rings is 1. The summed E-state index contributed by atoms with van der Waals surface area (Å²) < 4.78 is 0. The first kappa shape index (κ1) is 14.2. The summed E-state index contributed by atoms with van der Waals surface area (Å²) in [6, 6.07) is 11.3. The van der Waals surface area contributed by atoms with Gasteiger partial charge in [0.1, 0.15) is 0 Å². The van der Waals surface area contributed by atoms with E-state index >= 15 is 0 Å². The zero-order valence-electron chi connectivity index (χ0n) is 10.4. The van der Waals surface area contributed by atoms with Crippen LogP contribution in [0.1, 0.15) is 24.8 Å². The first-order valence-electron chi connectivity index (χ1n) is 6.18. The van der Waals surface area contributed by atoms with Gasteiger partial charge in [0.2, 0.25) is 5.91 Å². The van der Waals surface area contributed by atoms with Crippen LogP contribution in [0.15, 0.2) is 30.3 Å². The van der Waals surface area contributed by atoms with Crippen molar-refractivity contribution in [1.29, 1.82) is 5.26 Å². The molecule has 0 aromatic heterocycles. The average Bonchev–Trinajstić information content (AvgIpc) is 2.39. The highest BCUT2D eigenvalue weighted by atomic mass is 16.2. The van der Waals surface area contributed by atoms with Crippen LogP contribution in [-0.2, 0) is 11.2 Å². The van der Waals surface area contributed by atoms with E-state index in [1.807, 2.05) is 30.3 Å². The maximum atomic E-state index is 11.7. The smallest absolute Gasteiger partial charge is 0.237 e. The molecule has 0 heterocycles. The lowest BCUT2D eigenvalue weighted by Gasteiger charge is -2.12. The number of rotatable bonds is 7. The van der Waals surface area contributed by atoms with Crippen molar-refractivity contribution in [1.82, 2.24) is 5.32 Å². The number of amides is 1. The fourth-order valence-corrected chi connectivity index (χ4v) is 1.63. The van der Waals surface area contributed by atoms with Gasteiger partial charge in [-0.1, -0.05) is 30.3 Å². The summed E-state index contributed by atoms with van der Waals surface area (Å²) in [7, 11) is 0. The van der Waals surface area contributed by atoms with E-state index in [1.54, 1.807) is 0 Å². The first-order valence-corrected chi connectivity index (χ1v) is 6.18. The zero-order chi connectivity index (χ0) is 13.2. The standard InChI is InChI=1S/C14H19N3O/c15-9-5-2-6-10-17-14(18)13(16)11-12-7-3-1-4-8-12/h1,3-4,7-8,13H,2,5-6,10-11,16H2,(H,17,18)/t13-/m0/s1. The van der Waals surface area contributed by atoms with E-state index in [4.69, 9.17) is 11.0 Å². The molecule has 0 aliphatic rings. The zero-order valence-corrected chi connectivity index (χ0v) is 10.4. The van der Waals surface area contributed by atoms with Gasteiger partial charge in [-0.3, -0.25) is 4.79 Å². The molecule has 0 aliphatic heterocycles. The summed E-state index contributed by atoms with van der Waals surface area (Å²) in [6.07, 6.45) is 2.71. The molecular formula is C14H19N3O. The number of nitrogens with one attached hydrogen (secondary N) is 1. The van der Waals surface area contributed by atoms with Crippen LogP contribution in [0.2, 0.25) is 0 Å². The number of hydrogen-bond acceptors (Lipinski definition) is 3. The number of hydrogen-bond donors (Lipinski definition) is 2. The van der Waals surface area contributed by atoms with Gasteiger partial charge in [-0.15, -0.1) is 0 Å². The van der Waals surface area contributed by atoms with Crippen LogP contribution in [0, 0.1) is 11.3 Å². The lowest BCUT2D eigenvalue weighted by molar-refractivity contribution is -0.122. The summed E-state index contributed by atoms with van der Waals surface area (Å²) in [4.78, 5) is 11.7. The van der Waals surface area contributed by atoms with Crippen molar-refractivity contribution in [2.24, 2.45) is 5.73 Å². The highest BCUT2D eigenvalue weighted by Crippen LogP contribution is 2.02. The second kappa shape index (κ2) is 8.26. The lowest BCUT2D eigenvalue weighted by atomic mass is 10.1. The van der Waals surface area contributed by atoms with Crippen LogP contribution in [0.5, 0.6) is 0 Å². The summed E-state index contributed by atoms with van der Waals surface area (Å²) in [6.45, 7) is 0.586. The highest BCUT2D eigenvalue weighted by molar-refractivity contribution is 5.81. The lowest BCUT2D eigenvalue weighted by Crippen LogP contribution is -2.42. The van der Waals surface area contributed by atoms with Crippen molar-refractivity contribution in [2.75, 3.05) is 6.54 Å². The molecule has 0 fully saturated rings. The summed E-state index contributed by atoms with van der Waals surface area (Å²) in [5.74, 6) is -0.129. The summed E-state index contributed by atoms with van der Waals surface area (Å²) >= 11 is 0. The van der Waals surface area contributed by atoms with Gasteiger partial charge in [0.25, 0.3) is 0 Å². The average molecular weight is 245 g/mol. The number of unbranched alkanes of at least 4 members (excludes halogenated alkanes) is 2. The van der Waals surface area contributed by atoms with Crippen molar-refractivity contribution in [3.05, 3.63) is 35.9 Å². The van der Waals surface area contributed by atoms with Gasteiger partial charge in [-0.05, 0) is 24.8 Å². The quantitative estimate of drug-likeness (QED) is 0.712. The highest BCUT2D eigenvalue weighted by Gasteiger charge is 2.12. The summed E-state index contributed by atoms with van der Waals surface area (Å²) in [5.41, 5.74) is 6.89. The normalized spacial score (nSPS) is 11.6. The van der Waals surface area contributed by atoms with E-state index in [1.165, 1.54) is 0 Å². The SMILES string of the molecule is N#CCCCCNC(=O)[C@@H](N)Cc1ccccc1. The molecule has 0 radical (unpaired) electrons. The predicted octanol–water partition coefficient (Wildman–Crippen LogP) is 1.37. The molecule has 0 saturated carbocycles. The largest absolute Gasteiger partial charge is 0.355 e. The summed E-state index contributed by atoms with van der Waals surface area (Å²) in [5, 5.41) is 11.2. The molecule has 1 amide bonds. The van der Waals surface area contributed by atoms with E-state index in [2.05, 4.69) is 11.4 Å². The van der Waals surface area contributed by atoms with Crippen molar-refractivity contribution < 1.29 is 4.79 Å². The molecular weight excluding hydrogens is 226 g/mol. The second-order valence-electron chi connectivity index (χ2n) is 4.20. The molecule has 1 atom stereocenters. The molecule has 0 spiro atoms. The Hall–Kier alpha value is -1.86. The molecule has 0 bridgehead atoms. The fourth-order valence-electron chi connectivity index (χ4n) is 1.63. The number of carbonyl (C=O) groups is 1. The number of nitrogens with two attached hydrogens (primary N) is 1. The molecule has 0 saturated heterocycles. The monoisotopic (exact) mass is 245 g/mol. The Kier molecular flexibility index (Phi) is 6.52. The maximum Gasteiger partial charge on any atom is 0.237 e. The predicted molar refractivity (Wildman–Crippen MR) is 70.6 cm³/mol. The number of carbonyl (C=O) groups excluding carboxylic acids is 1. The van der Waals surface area contributed by atoms with Gasteiger partial charge < -0.3 is 11.1 Å². The van der Waals surface area contributed by atoms with E-state index in [0.29, 0.717) is 19.4 Å². The van der Waals surface area contributed by atoms with Crippen molar-refractivity contribution in [3.8, 4) is 6.07 Å². The molecule has 1 aromatic carbocycles. The molecule has 18 heavy (non-hydrogen) atoms. The second-order valence-corrected chi connectivity index (χ2v) is 4.20. The third-order valence-corrected chi connectivity index (χ3v) is 2.65. The Labute approximate surface area is 108 Å². The van der Waals surface area contributed by atoms with Crippen molar-refractivity contribution in [3.63, 3.8) is 0 Å². The first-order chi connectivity index (χ1) is 8.74. The van der Waals surface area contributed by atoms with Gasteiger partial charge in [-0.2, -0.15) is 5.26 Å². The fraction of sp³-hybridized carbons (Fsp3) is 0.429. The topological polar surface area (TPSA) is 78.9 Å². The molecule has 0 aliphatic carbocycles. The third kappa shape index (κ3) is 5.46. The van der Waals surface area contributed by atoms with Gasteiger partial charge in [0.15, 0.2) is 0 Å². The van der Waals surface area contributed by atoms with Crippen LogP contribution < -0.4 is 11.1 Å². The van der Waals surface area contributed by atoms with Crippen LogP contribution >= 0.6 is 0 Å². The number of nitrogens with zero attached hydrogens (tertiary/aromatic N) is 1. The van der Waals surface area contributed by atoms with Crippen LogP contribution in [0.25, 0.3) is 0 Å². The van der Waals surface area contributed by atoms with Gasteiger partial charge >= 0.3 is 0 Å². The van der Waals surface area contributed by atoms with E-state index in [9.17, 15) is 4.79 Å². The Bertz CT molecular complexity index is 397. The maximum absolute atomic E-state index is 11.7. The van der Waals surface area contributed by atoms with Gasteiger partial charge in [0, 0.05) is 13.0 Å². The molecule has 3 N–H and O–H groups in total. The van der Waals surface area contributed by atoms with Crippen LogP contribution in [-0.4, -0.2) is 18.5 Å². The Balaban J connectivity index is 2.23. The van der Waals surface area contributed by atoms with Crippen LogP contribution in [0.4, 0.5) is 0 Å². The molecule has 1 aromatic rings. The molecule has 96 valence electrons. The van der Waals surface area contributed by atoms with Crippen molar-refractivity contribution in [2.45, 2.75) is 31.7 Å². The van der Waals surface area contributed by atoms with Crippen molar-refractivity contribution >= 4 is 5.91 Å². The Morgan fingerprint density at radius 1 is 1.33 bits per heavy atom. The number of nitriles is 1. The molecule has 4 heteroatoms. The minimum absolute atomic E-state index is 0.129. The minimum Gasteiger partial charge on any atom is -0.355 e.